The normalized spacial score (nSPS) is 12.0. The maximum absolute atomic E-state index is 13.3. The van der Waals surface area contributed by atoms with Crippen LogP contribution in [-0.2, 0) is 4.74 Å². The van der Waals surface area contributed by atoms with Crippen LogP contribution < -0.4 is 5.32 Å². The Morgan fingerprint density at radius 1 is 0.967 bits per heavy atom. The summed E-state index contributed by atoms with van der Waals surface area (Å²) in [7, 11) is 0. The van der Waals surface area contributed by atoms with Gasteiger partial charge in [0.15, 0.2) is 0 Å². The Bertz CT molecular complexity index is 970. The summed E-state index contributed by atoms with van der Waals surface area (Å²) in [6, 6.07) is 20.0. The molecule has 3 N–H and O–H groups in total. The molecule has 0 aliphatic carbocycles. The van der Waals surface area contributed by atoms with Crippen LogP contribution in [-0.4, -0.2) is 29.4 Å². The van der Waals surface area contributed by atoms with E-state index in [1.807, 2.05) is 43.3 Å². The predicted octanol–water partition coefficient (Wildman–Crippen LogP) is 3.73. The fourth-order valence-electron chi connectivity index (χ4n) is 3.85. The first-order valence-electron chi connectivity index (χ1n) is 10.3. The summed E-state index contributed by atoms with van der Waals surface area (Å²) in [5.74, 6) is -0.436. The standard InChI is InChI=1S/C25H28N2O3/c1-5-30-25(29)21-16(2)22(26-17(21)3)24(28)18(4)27-23(19-12-8-6-9-13-19)20-14-10-7-11-15-20/h6-15,18,23,26-27H,5H2,1-4H3/p+1/t18-/m0/s1. The number of nitrogens with one attached hydrogen (secondary N) is 1. The summed E-state index contributed by atoms with van der Waals surface area (Å²) in [5, 5.41) is 2.08. The van der Waals surface area contributed by atoms with Gasteiger partial charge >= 0.3 is 5.97 Å². The number of aryl methyl sites for hydroxylation is 1. The highest BCUT2D eigenvalue weighted by Gasteiger charge is 2.30. The van der Waals surface area contributed by atoms with Crippen LogP contribution in [0.5, 0.6) is 0 Å². The maximum Gasteiger partial charge on any atom is 0.340 e. The molecule has 0 bridgehead atoms. The zero-order chi connectivity index (χ0) is 21.7. The number of ether oxygens (including phenoxy) is 1. The van der Waals surface area contributed by atoms with E-state index in [0.717, 1.165) is 11.1 Å². The average Bonchev–Trinajstić information content (AvgIpc) is 3.06. The van der Waals surface area contributed by atoms with Crippen molar-refractivity contribution in [3.63, 3.8) is 0 Å². The van der Waals surface area contributed by atoms with E-state index in [1.165, 1.54) is 0 Å². The van der Waals surface area contributed by atoms with Crippen molar-refractivity contribution in [3.8, 4) is 0 Å². The minimum absolute atomic E-state index is 0.00718. The molecule has 5 heteroatoms. The SMILES string of the molecule is CCOC(=O)c1c(C)[nH]c(C(=O)[C@H](C)[NH2+]C(c2ccccc2)c2ccccc2)c1C. The lowest BCUT2D eigenvalue weighted by Crippen LogP contribution is -2.92. The Morgan fingerprint density at radius 3 is 2.00 bits per heavy atom. The number of carbonyl (C=O) groups is 2. The number of H-pyrrole nitrogens is 1. The lowest BCUT2D eigenvalue weighted by atomic mass is 9.96. The summed E-state index contributed by atoms with van der Waals surface area (Å²) in [5.41, 5.74) is 4.50. The first kappa shape index (κ1) is 21.5. The molecule has 2 aromatic carbocycles. The third-order valence-corrected chi connectivity index (χ3v) is 5.38. The van der Waals surface area contributed by atoms with Crippen LogP contribution in [0.25, 0.3) is 0 Å². The lowest BCUT2D eigenvalue weighted by molar-refractivity contribution is -0.703. The topological polar surface area (TPSA) is 75.8 Å². The number of quaternary nitrogens is 1. The molecule has 0 spiro atoms. The van der Waals surface area contributed by atoms with Crippen LogP contribution in [0.4, 0.5) is 0 Å². The van der Waals surface area contributed by atoms with Crippen LogP contribution in [0.3, 0.4) is 0 Å². The Kier molecular flexibility index (Phi) is 6.85. The zero-order valence-corrected chi connectivity index (χ0v) is 17.9. The van der Waals surface area contributed by atoms with Crippen molar-refractivity contribution in [1.29, 1.82) is 0 Å². The van der Waals surface area contributed by atoms with Crippen molar-refractivity contribution in [2.45, 2.75) is 39.8 Å². The van der Waals surface area contributed by atoms with E-state index in [0.29, 0.717) is 29.1 Å². The van der Waals surface area contributed by atoms with E-state index >= 15 is 0 Å². The number of ketones is 1. The Balaban J connectivity index is 1.88. The molecule has 0 radical (unpaired) electrons. The highest BCUT2D eigenvalue weighted by Crippen LogP contribution is 2.21. The van der Waals surface area contributed by atoms with Crippen LogP contribution >= 0.6 is 0 Å². The number of esters is 1. The minimum Gasteiger partial charge on any atom is -0.462 e. The van der Waals surface area contributed by atoms with E-state index in [1.54, 1.807) is 20.8 Å². The van der Waals surface area contributed by atoms with Gasteiger partial charge in [0, 0.05) is 16.8 Å². The quantitative estimate of drug-likeness (QED) is 0.443. The Morgan fingerprint density at radius 2 is 1.50 bits per heavy atom. The second-order valence-electron chi connectivity index (χ2n) is 7.49. The van der Waals surface area contributed by atoms with Gasteiger partial charge in [-0.05, 0) is 33.3 Å². The molecule has 30 heavy (non-hydrogen) atoms. The molecular weight excluding hydrogens is 376 g/mol. The Labute approximate surface area is 177 Å². The number of Topliss-reactive ketones (excluding diaryl/α,β-unsaturated/α-hetero) is 1. The lowest BCUT2D eigenvalue weighted by Gasteiger charge is -2.20. The van der Waals surface area contributed by atoms with Crippen molar-refractivity contribution in [2.75, 3.05) is 6.61 Å². The van der Waals surface area contributed by atoms with E-state index in [-0.39, 0.29) is 17.9 Å². The molecule has 0 amide bonds. The summed E-state index contributed by atoms with van der Waals surface area (Å²) in [6.07, 6.45) is 0. The van der Waals surface area contributed by atoms with E-state index in [9.17, 15) is 9.59 Å². The number of hydrogen-bond donors (Lipinski definition) is 2. The van der Waals surface area contributed by atoms with Gasteiger partial charge in [-0.2, -0.15) is 0 Å². The van der Waals surface area contributed by atoms with Gasteiger partial charge in [-0.15, -0.1) is 0 Å². The fraction of sp³-hybridized carbons (Fsp3) is 0.280. The van der Waals surface area contributed by atoms with Crippen molar-refractivity contribution in [2.24, 2.45) is 0 Å². The van der Waals surface area contributed by atoms with Crippen LogP contribution in [0.1, 0.15) is 63.1 Å². The first-order chi connectivity index (χ1) is 14.4. The van der Waals surface area contributed by atoms with Gasteiger partial charge in [0.05, 0.1) is 17.9 Å². The number of aromatic amines is 1. The molecule has 1 atom stereocenters. The fourth-order valence-corrected chi connectivity index (χ4v) is 3.85. The van der Waals surface area contributed by atoms with Crippen molar-refractivity contribution in [3.05, 3.63) is 94.3 Å². The van der Waals surface area contributed by atoms with Crippen molar-refractivity contribution < 1.29 is 19.6 Å². The predicted molar refractivity (Wildman–Crippen MR) is 117 cm³/mol. The number of rotatable bonds is 8. The molecule has 3 aromatic rings. The van der Waals surface area contributed by atoms with E-state index in [2.05, 4.69) is 34.6 Å². The summed E-state index contributed by atoms with van der Waals surface area (Å²) < 4.78 is 5.15. The number of hydrogen-bond acceptors (Lipinski definition) is 3. The Hall–Kier alpha value is -3.18. The highest BCUT2D eigenvalue weighted by atomic mass is 16.5. The zero-order valence-electron chi connectivity index (χ0n) is 17.9. The van der Waals surface area contributed by atoms with E-state index < -0.39 is 5.97 Å². The number of carbonyl (C=O) groups excluding carboxylic acids is 2. The molecule has 0 aliphatic rings. The van der Waals surface area contributed by atoms with Crippen LogP contribution in [0, 0.1) is 13.8 Å². The van der Waals surface area contributed by atoms with Gasteiger partial charge in [0.2, 0.25) is 5.78 Å². The van der Waals surface area contributed by atoms with Gasteiger partial charge < -0.3 is 15.0 Å². The molecule has 0 saturated carbocycles. The monoisotopic (exact) mass is 405 g/mol. The number of nitrogens with two attached hydrogens (primary N) is 1. The second-order valence-corrected chi connectivity index (χ2v) is 7.49. The molecule has 5 nitrogen and oxygen atoms in total. The number of benzene rings is 2. The molecule has 156 valence electrons. The third kappa shape index (κ3) is 4.52. The molecule has 1 heterocycles. The van der Waals surface area contributed by atoms with Gasteiger partial charge in [-0.1, -0.05) is 60.7 Å². The van der Waals surface area contributed by atoms with Crippen LogP contribution in [0.2, 0.25) is 0 Å². The molecule has 1 aromatic heterocycles. The van der Waals surface area contributed by atoms with Crippen LogP contribution in [0.15, 0.2) is 60.7 Å². The molecule has 0 aliphatic heterocycles. The highest BCUT2D eigenvalue weighted by molar-refractivity contribution is 6.03. The van der Waals surface area contributed by atoms with Gasteiger partial charge in [-0.3, -0.25) is 4.79 Å². The molecule has 0 fully saturated rings. The van der Waals surface area contributed by atoms with Gasteiger partial charge in [0.25, 0.3) is 0 Å². The second kappa shape index (κ2) is 9.55. The first-order valence-corrected chi connectivity index (χ1v) is 10.3. The summed E-state index contributed by atoms with van der Waals surface area (Å²) >= 11 is 0. The van der Waals surface area contributed by atoms with Gasteiger partial charge in [-0.25, -0.2) is 4.79 Å². The van der Waals surface area contributed by atoms with E-state index in [4.69, 9.17) is 4.74 Å². The average molecular weight is 406 g/mol. The largest absolute Gasteiger partial charge is 0.462 e. The molecule has 3 rings (SSSR count). The summed E-state index contributed by atoms with van der Waals surface area (Å²) in [6.45, 7) is 7.56. The van der Waals surface area contributed by atoms with Crippen molar-refractivity contribution >= 4 is 11.8 Å². The smallest absolute Gasteiger partial charge is 0.340 e. The molecule has 0 unspecified atom stereocenters. The molecular formula is C25H29N2O3+. The third-order valence-electron chi connectivity index (χ3n) is 5.38. The minimum atomic E-state index is -0.397. The molecule has 0 saturated heterocycles. The maximum atomic E-state index is 13.3. The van der Waals surface area contributed by atoms with Gasteiger partial charge in [0.1, 0.15) is 12.1 Å². The van der Waals surface area contributed by atoms with Crippen molar-refractivity contribution in [1.82, 2.24) is 4.98 Å². The summed E-state index contributed by atoms with van der Waals surface area (Å²) in [4.78, 5) is 28.7. The number of aromatic nitrogens is 1.